The lowest BCUT2D eigenvalue weighted by Gasteiger charge is -2.11. The molecule has 0 bridgehead atoms. The Balaban J connectivity index is 2.05. The Hall–Kier alpha value is -3.95. The Morgan fingerprint density at radius 1 is 0.963 bits per heavy atom. The minimum atomic E-state index is -0.903. The van der Waals surface area contributed by atoms with Crippen LogP contribution in [0.5, 0.6) is 0 Å². The fourth-order valence-corrected chi connectivity index (χ4v) is 2.29. The monoisotopic (exact) mass is 370 g/mol. The summed E-state index contributed by atoms with van der Waals surface area (Å²) in [6.45, 7) is 0. The zero-order valence-corrected chi connectivity index (χ0v) is 13.6. The predicted molar refractivity (Wildman–Crippen MR) is 91.9 cm³/mol. The molecule has 0 atom stereocenters. The second kappa shape index (κ2) is 7.12. The van der Waals surface area contributed by atoms with Crippen LogP contribution < -0.4 is 16.8 Å². The summed E-state index contributed by atoms with van der Waals surface area (Å²) in [5, 5.41) is 10.1. The van der Waals surface area contributed by atoms with Crippen LogP contribution in [0.3, 0.4) is 0 Å². The number of aromatic nitrogens is 3. The Morgan fingerprint density at radius 2 is 1.67 bits per heavy atom. The van der Waals surface area contributed by atoms with Gasteiger partial charge in [0.2, 0.25) is 5.91 Å². The van der Waals surface area contributed by atoms with Crippen molar-refractivity contribution in [1.29, 1.82) is 0 Å². The minimum absolute atomic E-state index is 0.0366. The Labute approximate surface area is 151 Å². The van der Waals surface area contributed by atoms with Crippen LogP contribution >= 0.6 is 0 Å². The molecule has 0 saturated carbocycles. The van der Waals surface area contributed by atoms with Gasteiger partial charge < -0.3 is 16.8 Å². The number of pyridine rings is 1. The summed E-state index contributed by atoms with van der Waals surface area (Å²) >= 11 is 0. The number of amides is 2. The third-order valence-electron chi connectivity index (χ3n) is 3.56. The van der Waals surface area contributed by atoms with E-state index in [1.54, 1.807) is 0 Å². The molecule has 8 nitrogen and oxygen atoms in total. The van der Waals surface area contributed by atoms with Gasteiger partial charge in [-0.05, 0) is 30.3 Å². The van der Waals surface area contributed by atoms with E-state index in [0.717, 1.165) is 12.1 Å². The van der Waals surface area contributed by atoms with Crippen molar-refractivity contribution in [2.75, 3.05) is 5.32 Å². The first kappa shape index (κ1) is 17.9. The van der Waals surface area contributed by atoms with Crippen LogP contribution in [0.1, 0.15) is 20.8 Å². The molecule has 2 aromatic heterocycles. The van der Waals surface area contributed by atoms with Gasteiger partial charge in [-0.2, -0.15) is 0 Å². The van der Waals surface area contributed by atoms with Gasteiger partial charge in [-0.3, -0.25) is 9.59 Å². The summed E-state index contributed by atoms with van der Waals surface area (Å²) in [6.07, 6.45) is 1.22. The van der Waals surface area contributed by atoms with Crippen LogP contribution in [0.4, 0.5) is 20.3 Å². The zero-order valence-electron chi connectivity index (χ0n) is 13.6. The van der Waals surface area contributed by atoms with Crippen molar-refractivity contribution in [1.82, 2.24) is 15.2 Å². The van der Waals surface area contributed by atoms with Crippen molar-refractivity contribution in [2.24, 2.45) is 11.5 Å². The molecule has 10 heteroatoms. The summed E-state index contributed by atoms with van der Waals surface area (Å²) in [5.74, 6) is -3.03. The average Bonchev–Trinajstić information content (AvgIpc) is 2.62. The summed E-state index contributed by atoms with van der Waals surface area (Å²) < 4.78 is 28.0. The number of hydrogen-bond donors (Lipinski definition) is 3. The highest BCUT2D eigenvalue weighted by atomic mass is 19.1. The number of halogens is 2. The van der Waals surface area contributed by atoms with Crippen molar-refractivity contribution in [2.45, 2.75) is 0 Å². The second-order valence-electron chi connectivity index (χ2n) is 5.37. The summed E-state index contributed by atoms with van der Waals surface area (Å²) in [6, 6.07) is 7.40. The summed E-state index contributed by atoms with van der Waals surface area (Å²) in [7, 11) is 0. The van der Waals surface area contributed by atoms with Gasteiger partial charge >= 0.3 is 0 Å². The number of hydrogen-bond acceptors (Lipinski definition) is 6. The lowest BCUT2D eigenvalue weighted by Crippen LogP contribution is -2.17. The predicted octanol–water partition coefficient (Wildman–Crippen LogP) is 1.76. The van der Waals surface area contributed by atoms with Gasteiger partial charge in [0.1, 0.15) is 23.1 Å². The van der Waals surface area contributed by atoms with Crippen LogP contribution in [-0.4, -0.2) is 27.0 Å². The average molecular weight is 370 g/mol. The smallest absolute Gasteiger partial charge is 0.271 e. The van der Waals surface area contributed by atoms with Gasteiger partial charge in [-0.15, -0.1) is 10.2 Å². The maximum atomic E-state index is 14.0. The van der Waals surface area contributed by atoms with Crippen LogP contribution in [0.25, 0.3) is 11.3 Å². The fourth-order valence-electron chi connectivity index (χ4n) is 2.29. The molecule has 2 amide bonds. The molecule has 0 aliphatic carbocycles. The van der Waals surface area contributed by atoms with Crippen LogP contribution in [0.15, 0.2) is 42.6 Å². The molecular formula is C17H12F2N6O2. The summed E-state index contributed by atoms with van der Waals surface area (Å²) in [4.78, 5) is 26.7. The SMILES string of the molecule is NC(=O)c1ccc(Nc2cc(-c3c(F)cccc3F)nnc2C(N)=O)nc1. The second-order valence-corrected chi connectivity index (χ2v) is 5.37. The van der Waals surface area contributed by atoms with Crippen molar-refractivity contribution in [3.8, 4) is 11.3 Å². The maximum Gasteiger partial charge on any atom is 0.271 e. The molecule has 1 aromatic carbocycles. The molecule has 0 radical (unpaired) electrons. The number of carbonyl (C=O) groups is 2. The molecule has 136 valence electrons. The van der Waals surface area contributed by atoms with Gasteiger partial charge in [-0.25, -0.2) is 13.8 Å². The number of primary amides is 2. The van der Waals surface area contributed by atoms with Gasteiger partial charge in [0.05, 0.1) is 16.8 Å². The number of nitrogens with one attached hydrogen (secondary N) is 1. The number of anilines is 2. The number of benzene rings is 1. The third-order valence-corrected chi connectivity index (χ3v) is 3.56. The Kier molecular flexibility index (Phi) is 4.71. The first-order chi connectivity index (χ1) is 12.9. The van der Waals surface area contributed by atoms with Gasteiger partial charge in [0.15, 0.2) is 5.69 Å². The molecule has 0 spiro atoms. The minimum Gasteiger partial charge on any atom is -0.366 e. The van der Waals surface area contributed by atoms with Crippen molar-refractivity contribution in [3.05, 3.63) is 65.5 Å². The fraction of sp³-hybridized carbons (Fsp3) is 0. The van der Waals surface area contributed by atoms with Crippen LogP contribution in [0.2, 0.25) is 0 Å². The largest absolute Gasteiger partial charge is 0.366 e. The molecule has 3 aromatic rings. The number of carbonyl (C=O) groups excluding carboxylic acids is 2. The Bertz CT molecular complexity index is 1020. The third kappa shape index (κ3) is 3.68. The maximum absolute atomic E-state index is 14.0. The Morgan fingerprint density at radius 3 is 2.22 bits per heavy atom. The topological polar surface area (TPSA) is 137 Å². The number of nitrogens with two attached hydrogens (primary N) is 2. The highest BCUT2D eigenvalue weighted by Gasteiger charge is 2.18. The molecule has 0 aliphatic heterocycles. The lowest BCUT2D eigenvalue weighted by molar-refractivity contribution is 0.0989. The van der Waals surface area contributed by atoms with E-state index in [1.807, 2.05) is 0 Å². The molecule has 2 heterocycles. The van der Waals surface area contributed by atoms with Crippen molar-refractivity contribution < 1.29 is 18.4 Å². The van der Waals surface area contributed by atoms with E-state index in [9.17, 15) is 18.4 Å². The first-order valence-corrected chi connectivity index (χ1v) is 7.51. The van der Waals surface area contributed by atoms with E-state index in [-0.39, 0.29) is 28.5 Å². The van der Waals surface area contributed by atoms with Crippen LogP contribution in [-0.2, 0) is 0 Å². The van der Waals surface area contributed by atoms with Crippen molar-refractivity contribution in [3.63, 3.8) is 0 Å². The highest BCUT2D eigenvalue weighted by Crippen LogP contribution is 2.28. The number of nitrogens with zero attached hydrogens (tertiary/aromatic N) is 3. The van der Waals surface area contributed by atoms with E-state index >= 15 is 0 Å². The molecule has 3 rings (SSSR count). The molecule has 0 aliphatic rings. The highest BCUT2D eigenvalue weighted by molar-refractivity contribution is 5.97. The molecule has 0 saturated heterocycles. The van der Waals surface area contributed by atoms with E-state index in [0.29, 0.717) is 0 Å². The van der Waals surface area contributed by atoms with E-state index in [4.69, 9.17) is 11.5 Å². The molecule has 0 unspecified atom stereocenters. The van der Waals surface area contributed by atoms with Crippen LogP contribution in [0, 0.1) is 11.6 Å². The standard InChI is InChI=1S/C17H12F2N6O2/c18-9-2-1-3-10(19)14(9)11-6-12(15(17(21)27)25-24-11)23-13-5-4-8(7-22-13)16(20)26/h1-7H,(H2,20,26)(H2,21,27)(H,22,23,24). The molecule has 0 fully saturated rings. The van der Waals surface area contributed by atoms with E-state index < -0.39 is 29.0 Å². The normalized spacial score (nSPS) is 10.4. The molecular weight excluding hydrogens is 358 g/mol. The van der Waals surface area contributed by atoms with Gasteiger partial charge in [-0.1, -0.05) is 6.07 Å². The molecule has 5 N–H and O–H groups in total. The van der Waals surface area contributed by atoms with Crippen molar-refractivity contribution >= 4 is 23.3 Å². The van der Waals surface area contributed by atoms with Gasteiger partial charge in [0, 0.05) is 6.20 Å². The van der Waals surface area contributed by atoms with Gasteiger partial charge in [0.25, 0.3) is 5.91 Å². The van der Waals surface area contributed by atoms with E-state index in [2.05, 4.69) is 20.5 Å². The van der Waals surface area contributed by atoms with E-state index in [1.165, 1.54) is 30.5 Å². The molecule has 27 heavy (non-hydrogen) atoms. The zero-order chi connectivity index (χ0) is 19.6. The quantitative estimate of drug-likeness (QED) is 0.626. The first-order valence-electron chi connectivity index (χ1n) is 7.51. The number of rotatable bonds is 5. The lowest BCUT2D eigenvalue weighted by atomic mass is 10.1. The summed E-state index contributed by atoms with van der Waals surface area (Å²) in [5.41, 5.74) is 9.83.